The van der Waals surface area contributed by atoms with Gasteiger partial charge in [-0.05, 0) is 49.3 Å². The number of nitrogens with one attached hydrogen (secondary N) is 1. The number of amides is 3. The van der Waals surface area contributed by atoms with E-state index in [4.69, 9.17) is 9.97 Å². The Morgan fingerprint density at radius 2 is 1.85 bits per heavy atom. The van der Waals surface area contributed by atoms with Gasteiger partial charge >= 0.3 is 0 Å². The second-order valence-corrected chi connectivity index (χ2v) is 12.2. The molecule has 4 heterocycles. The van der Waals surface area contributed by atoms with Crippen molar-refractivity contribution in [3.63, 3.8) is 0 Å². The van der Waals surface area contributed by atoms with Crippen LogP contribution in [0.1, 0.15) is 55.8 Å². The number of carbonyl (C=O) groups is 3. The highest BCUT2D eigenvalue weighted by Gasteiger charge is 2.29. The molecule has 9 nitrogen and oxygen atoms in total. The van der Waals surface area contributed by atoms with Crippen molar-refractivity contribution in [1.82, 2.24) is 14.9 Å². The minimum absolute atomic E-state index is 0.00811. The number of hydrogen-bond acceptors (Lipinski definition) is 7. The van der Waals surface area contributed by atoms with Gasteiger partial charge in [-0.1, -0.05) is 26.0 Å². The second kappa shape index (κ2) is 11.2. The molecule has 0 bridgehead atoms. The molecule has 3 amide bonds. The Morgan fingerprint density at radius 1 is 1.07 bits per heavy atom. The normalized spacial score (nSPS) is 18.9. The average Bonchev–Trinajstić information content (AvgIpc) is 3.33. The lowest BCUT2D eigenvalue weighted by Crippen LogP contribution is -2.49. The molecule has 1 fully saturated rings. The van der Waals surface area contributed by atoms with Gasteiger partial charge in [-0.2, -0.15) is 0 Å². The third kappa shape index (κ3) is 5.16. The van der Waals surface area contributed by atoms with Gasteiger partial charge in [0.05, 0.1) is 16.8 Å². The van der Waals surface area contributed by atoms with E-state index < -0.39 is 0 Å². The molecule has 2 aliphatic heterocycles. The van der Waals surface area contributed by atoms with Crippen molar-refractivity contribution < 1.29 is 14.4 Å². The van der Waals surface area contributed by atoms with Crippen LogP contribution in [0.15, 0.2) is 24.3 Å². The first-order valence-electron chi connectivity index (χ1n) is 14.4. The van der Waals surface area contributed by atoms with Gasteiger partial charge < -0.3 is 20.0 Å². The molecule has 1 aliphatic carbocycles. The number of carbonyl (C=O) groups excluding carboxylic acids is 3. The van der Waals surface area contributed by atoms with Crippen molar-refractivity contribution in [3.05, 3.63) is 40.5 Å². The summed E-state index contributed by atoms with van der Waals surface area (Å²) in [7, 11) is 0. The van der Waals surface area contributed by atoms with Gasteiger partial charge in [0.25, 0.3) is 0 Å². The molecule has 6 rings (SSSR count). The highest BCUT2D eigenvalue weighted by atomic mass is 32.1. The van der Waals surface area contributed by atoms with Crippen molar-refractivity contribution in [3.8, 4) is 0 Å². The van der Waals surface area contributed by atoms with Gasteiger partial charge in [-0.3, -0.25) is 14.4 Å². The molecular formula is C30H36N6O3S. The fourth-order valence-electron chi connectivity index (χ4n) is 6.06. The van der Waals surface area contributed by atoms with Crippen molar-refractivity contribution in [2.75, 3.05) is 47.8 Å². The molecule has 3 aliphatic rings. The highest BCUT2D eigenvalue weighted by molar-refractivity contribution is 7.19. The lowest BCUT2D eigenvalue weighted by atomic mass is 9.89. The van der Waals surface area contributed by atoms with Crippen molar-refractivity contribution >= 4 is 56.5 Å². The maximum absolute atomic E-state index is 13.0. The predicted octanol–water partition coefficient (Wildman–Crippen LogP) is 4.18. The summed E-state index contributed by atoms with van der Waals surface area (Å²) in [5.74, 6) is 2.37. The van der Waals surface area contributed by atoms with Crippen LogP contribution in [0.4, 0.5) is 17.2 Å². The zero-order chi connectivity index (χ0) is 27.8. The zero-order valence-electron chi connectivity index (χ0n) is 23.2. The number of rotatable bonds is 6. The lowest BCUT2D eigenvalue weighted by molar-refractivity contribution is -0.131. The molecule has 0 saturated carbocycles. The molecule has 1 N–H and O–H groups in total. The summed E-state index contributed by atoms with van der Waals surface area (Å²) in [5, 5.41) is 4.04. The van der Waals surface area contributed by atoms with Gasteiger partial charge in [0.1, 0.15) is 23.0 Å². The number of fused-ring (bicyclic) bond motifs is 4. The number of benzene rings is 1. The number of piperazine rings is 1. The predicted molar refractivity (Wildman–Crippen MR) is 158 cm³/mol. The molecule has 40 heavy (non-hydrogen) atoms. The molecule has 1 saturated heterocycles. The summed E-state index contributed by atoms with van der Waals surface area (Å²) >= 11 is 1.84. The Hall–Kier alpha value is -3.53. The number of aromatic nitrogens is 2. The Bertz CT molecular complexity index is 1460. The Labute approximate surface area is 238 Å². The third-order valence-electron chi connectivity index (χ3n) is 8.28. The van der Waals surface area contributed by atoms with Crippen LogP contribution in [-0.4, -0.2) is 65.3 Å². The van der Waals surface area contributed by atoms with Crippen molar-refractivity contribution in [1.29, 1.82) is 0 Å². The number of anilines is 3. The minimum Gasteiger partial charge on any atom is -0.352 e. The molecular weight excluding hydrogens is 524 g/mol. The summed E-state index contributed by atoms with van der Waals surface area (Å²) in [6.07, 6.45) is 5.23. The SMILES string of the molecule is CCc1nc(N2CCN(C(=O)CCCC(=O)N3CC(=O)Nc4ccccc43)CC2)c2c3c(sc2n1)CC(C)CC3. The van der Waals surface area contributed by atoms with Gasteiger partial charge in [-0.25, -0.2) is 9.97 Å². The smallest absolute Gasteiger partial charge is 0.244 e. The monoisotopic (exact) mass is 560 g/mol. The zero-order valence-corrected chi connectivity index (χ0v) is 24.1. The third-order valence-corrected chi connectivity index (χ3v) is 9.43. The second-order valence-electron chi connectivity index (χ2n) is 11.1. The molecule has 3 aromatic rings. The Kier molecular flexibility index (Phi) is 7.44. The summed E-state index contributed by atoms with van der Waals surface area (Å²) in [6, 6.07) is 7.30. The van der Waals surface area contributed by atoms with Gasteiger partial charge in [0, 0.05) is 50.3 Å². The first-order chi connectivity index (χ1) is 19.4. The number of para-hydroxylation sites is 2. The van der Waals surface area contributed by atoms with Crippen LogP contribution < -0.4 is 15.1 Å². The number of thiophene rings is 1. The van der Waals surface area contributed by atoms with E-state index >= 15 is 0 Å². The van der Waals surface area contributed by atoms with Gasteiger partial charge in [0.15, 0.2) is 0 Å². The molecule has 1 aromatic carbocycles. The van der Waals surface area contributed by atoms with Crippen LogP contribution in [0.2, 0.25) is 0 Å². The van der Waals surface area contributed by atoms with Crippen LogP contribution in [0.25, 0.3) is 10.2 Å². The van der Waals surface area contributed by atoms with Crippen molar-refractivity contribution in [2.24, 2.45) is 5.92 Å². The van der Waals surface area contributed by atoms with E-state index in [-0.39, 0.29) is 30.7 Å². The Balaban J connectivity index is 1.07. The van der Waals surface area contributed by atoms with E-state index in [0.29, 0.717) is 43.2 Å². The van der Waals surface area contributed by atoms with E-state index in [9.17, 15) is 14.4 Å². The minimum atomic E-state index is -0.203. The van der Waals surface area contributed by atoms with Crippen LogP contribution in [0, 0.1) is 5.92 Å². The highest BCUT2D eigenvalue weighted by Crippen LogP contribution is 2.41. The van der Waals surface area contributed by atoms with Gasteiger partial charge in [-0.15, -0.1) is 11.3 Å². The molecule has 10 heteroatoms. The quantitative estimate of drug-likeness (QED) is 0.486. The van der Waals surface area contributed by atoms with E-state index in [1.54, 1.807) is 6.07 Å². The fraction of sp³-hybridized carbons (Fsp3) is 0.500. The van der Waals surface area contributed by atoms with Crippen LogP contribution in [0.3, 0.4) is 0 Å². The number of aryl methyl sites for hydroxylation is 2. The average molecular weight is 561 g/mol. The standard InChI is InChI=1S/C30H36N6O3S/c1-3-24-32-29(28-20-12-11-19(2)17-23(20)40-30(28)33-24)35-15-13-34(14-16-35)26(38)9-6-10-27(39)36-18-25(37)31-21-7-4-5-8-22(21)36/h4-5,7-8,19H,3,6,9-18H2,1-2H3,(H,31,37). The van der Waals surface area contributed by atoms with Gasteiger partial charge in [0.2, 0.25) is 17.7 Å². The lowest BCUT2D eigenvalue weighted by Gasteiger charge is -2.36. The summed E-state index contributed by atoms with van der Waals surface area (Å²) in [6.45, 7) is 7.19. The fourth-order valence-corrected chi connectivity index (χ4v) is 7.46. The Morgan fingerprint density at radius 3 is 2.65 bits per heavy atom. The van der Waals surface area contributed by atoms with E-state index in [2.05, 4.69) is 24.1 Å². The topological polar surface area (TPSA) is 98.7 Å². The molecule has 2 aromatic heterocycles. The van der Waals surface area contributed by atoms with Crippen LogP contribution >= 0.6 is 11.3 Å². The largest absolute Gasteiger partial charge is 0.352 e. The number of nitrogens with zero attached hydrogens (tertiary/aromatic N) is 5. The van der Waals surface area contributed by atoms with E-state index in [1.807, 2.05) is 34.4 Å². The van der Waals surface area contributed by atoms with Crippen LogP contribution in [-0.2, 0) is 33.6 Å². The first-order valence-corrected chi connectivity index (χ1v) is 15.3. The van der Waals surface area contributed by atoms with Crippen LogP contribution in [0.5, 0.6) is 0 Å². The molecule has 1 unspecified atom stereocenters. The molecule has 210 valence electrons. The summed E-state index contributed by atoms with van der Waals surface area (Å²) in [4.78, 5) is 56.2. The maximum atomic E-state index is 13.0. The number of hydrogen-bond donors (Lipinski definition) is 1. The summed E-state index contributed by atoms with van der Waals surface area (Å²) in [5.41, 5.74) is 2.79. The molecule has 0 radical (unpaired) electrons. The summed E-state index contributed by atoms with van der Waals surface area (Å²) < 4.78 is 0. The first kappa shape index (κ1) is 26.7. The van der Waals surface area contributed by atoms with E-state index in [1.165, 1.54) is 27.1 Å². The van der Waals surface area contributed by atoms with E-state index in [0.717, 1.165) is 48.8 Å². The maximum Gasteiger partial charge on any atom is 0.244 e. The van der Waals surface area contributed by atoms with Crippen molar-refractivity contribution in [2.45, 2.75) is 58.8 Å². The molecule has 1 atom stereocenters. The molecule has 0 spiro atoms.